The van der Waals surface area contributed by atoms with Crippen LogP contribution in [0.3, 0.4) is 0 Å². The van der Waals surface area contributed by atoms with Crippen molar-refractivity contribution < 1.29 is 80.2 Å². The third-order valence-corrected chi connectivity index (χ3v) is 23.1. The van der Waals surface area contributed by atoms with E-state index in [0.29, 0.717) is 25.7 Å². The SMILES string of the molecule is CCCCCCCCCCCCCCCCCCCCCCCCC(=O)O[C@H](COC(=O)CCCCCCCCCCCCCCCCCCC(C)C)COP(=O)(O)OC[C@@H](O)COP(=O)(O)OC[C@@H](COC(=O)CCCCCCCCCCC(C)C)OC(=O)CCCCCCCCCCCCCCCCCCC. The van der Waals surface area contributed by atoms with Crippen molar-refractivity contribution in [3.05, 3.63) is 0 Å². The molecule has 109 heavy (non-hydrogen) atoms. The van der Waals surface area contributed by atoms with E-state index < -0.39 is 97.5 Å². The maximum Gasteiger partial charge on any atom is 0.472 e. The molecule has 2 unspecified atom stereocenters. The highest BCUT2D eigenvalue weighted by atomic mass is 31.2. The van der Waals surface area contributed by atoms with Crippen molar-refractivity contribution in [3.8, 4) is 0 Å². The minimum Gasteiger partial charge on any atom is -0.462 e. The molecule has 5 atom stereocenters. The van der Waals surface area contributed by atoms with Crippen molar-refractivity contribution in [2.75, 3.05) is 39.6 Å². The third-order valence-electron chi connectivity index (χ3n) is 21.2. The zero-order chi connectivity index (χ0) is 79.9. The number of esters is 4. The van der Waals surface area contributed by atoms with Crippen molar-refractivity contribution in [2.24, 2.45) is 11.8 Å². The molecule has 3 N–H and O–H groups in total. The van der Waals surface area contributed by atoms with E-state index in [1.807, 2.05) is 0 Å². The average Bonchev–Trinajstić information content (AvgIpc) is 0.901. The number of phosphoric ester groups is 2. The average molecular weight is 1590 g/mol. The van der Waals surface area contributed by atoms with E-state index >= 15 is 0 Å². The number of aliphatic hydroxyl groups is 1. The largest absolute Gasteiger partial charge is 0.472 e. The molecule has 0 aliphatic carbocycles. The molecule has 0 aliphatic rings. The zero-order valence-corrected chi connectivity index (χ0v) is 73.7. The third kappa shape index (κ3) is 83.8. The van der Waals surface area contributed by atoms with Gasteiger partial charge < -0.3 is 33.8 Å². The van der Waals surface area contributed by atoms with Gasteiger partial charge in [0.1, 0.15) is 19.3 Å². The van der Waals surface area contributed by atoms with Crippen LogP contribution in [0.15, 0.2) is 0 Å². The van der Waals surface area contributed by atoms with Crippen LogP contribution in [0.4, 0.5) is 0 Å². The van der Waals surface area contributed by atoms with Gasteiger partial charge in [-0.2, -0.15) is 0 Å². The van der Waals surface area contributed by atoms with E-state index in [-0.39, 0.29) is 25.7 Å². The van der Waals surface area contributed by atoms with E-state index in [4.69, 9.17) is 37.0 Å². The Morgan fingerprint density at radius 1 is 0.248 bits per heavy atom. The van der Waals surface area contributed by atoms with Crippen LogP contribution in [0.2, 0.25) is 0 Å². The summed E-state index contributed by atoms with van der Waals surface area (Å²) >= 11 is 0. The number of rotatable bonds is 89. The molecule has 17 nitrogen and oxygen atoms in total. The first-order chi connectivity index (χ1) is 52.9. The summed E-state index contributed by atoms with van der Waals surface area (Å²) in [5.41, 5.74) is 0. The molecular formula is C90H176O17P2. The highest BCUT2D eigenvalue weighted by Crippen LogP contribution is 2.45. The van der Waals surface area contributed by atoms with E-state index in [9.17, 15) is 43.2 Å². The molecule has 0 amide bonds. The molecule has 0 aliphatic heterocycles. The monoisotopic (exact) mass is 1590 g/mol. The number of hydrogen-bond acceptors (Lipinski definition) is 15. The smallest absolute Gasteiger partial charge is 0.462 e. The van der Waals surface area contributed by atoms with Crippen LogP contribution in [0.5, 0.6) is 0 Å². The minimum absolute atomic E-state index is 0.108. The van der Waals surface area contributed by atoms with Crippen molar-refractivity contribution in [1.82, 2.24) is 0 Å². The van der Waals surface area contributed by atoms with E-state index in [2.05, 4.69) is 41.5 Å². The first kappa shape index (κ1) is 107. The Bertz CT molecular complexity index is 2080. The fourth-order valence-corrected chi connectivity index (χ4v) is 15.7. The molecule has 0 bridgehead atoms. The van der Waals surface area contributed by atoms with Crippen LogP contribution < -0.4 is 0 Å². The summed E-state index contributed by atoms with van der Waals surface area (Å²) in [4.78, 5) is 73.4. The van der Waals surface area contributed by atoms with E-state index in [0.717, 1.165) is 102 Å². The van der Waals surface area contributed by atoms with Crippen molar-refractivity contribution in [2.45, 2.75) is 503 Å². The predicted molar refractivity (Wildman–Crippen MR) is 451 cm³/mol. The van der Waals surface area contributed by atoms with Crippen LogP contribution in [0.1, 0.15) is 485 Å². The minimum atomic E-state index is -4.97. The zero-order valence-electron chi connectivity index (χ0n) is 71.9. The Morgan fingerprint density at radius 2 is 0.422 bits per heavy atom. The van der Waals surface area contributed by atoms with Crippen LogP contribution in [-0.4, -0.2) is 96.7 Å². The summed E-state index contributed by atoms with van der Waals surface area (Å²) in [7, 11) is -9.93. The maximum atomic E-state index is 13.2. The number of hydrogen-bond donors (Lipinski definition) is 3. The Balaban J connectivity index is 5.23. The first-order valence-electron chi connectivity index (χ1n) is 46.5. The number of carbonyl (C=O) groups is 4. The van der Waals surface area contributed by atoms with E-state index in [1.165, 1.54) is 302 Å². The quantitative estimate of drug-likeness (QED) is 0.0222. The van der Waals surface area contributed by atoms with Crippen molar-refractivity contribution >= 4 is 39.5 Å². The second-order valence-corrected chi connectivity index (χ2v) is 36.2. The second kappa shape index (κ2) is 81.2. The number of ether oxygens (including phenoxy) is 4. The van der Waals surface area contributed by atoms with Gasteiger partial charge in [-0.3, -0.25) is 37.3 Å². The number of carbonyl (C=O) groups excluding carboxylic acids is 4. The van der Waals surface area contributed by atoms with Crippen LogP contribution in [0.25, 0.3) is 0 Å². The lowest BCUT2D eigenvalue weighted by molar-refractivity contribution is -0.161. The molecule has 648 valence electrons. The summed E-state index contributed by atoms with van der Waals surface area (Å²) in [5.74, 6) is -0.559. The highest BCUT2D eigenvalue weighted by Gasteiger charge is 2.31. The number of phosphoric acid groups is 2. The topological polar surface area (TPSA) is 237 Å². The Labute approximate surface area is 670 Å². The van der Waals surface area contributed by atoms with Gasteiger partial charge in [-0.05, 0) is 37.5 Å². The molecule has 0 aromatic carbocycles. The molecule has 0 rings (SSSR count). The van der Waals surface area contributed by atoms with Gasteiger partial charge in [-0.1, -0.05) is 433 Å². The molecule has 0 saturated heterocycles. The van der Waals surface area contributed by atoms with Gasteiger partial charge >= 0.3 is 39.5 Å². The normalized spacial score (nSPS) is 13.8. The van der Waals surface area contributed by atoms with Gasteiger partial charge in [-0.25, -0.2) is 9.13 Å². The summed E-state index contributed by atoms with van der Waals surface area (Å²) in [6, 6.07) is 0. The van der Waals surface area contributed by atoms with Crippen LogP contribution >= 0.6 is 15.6 Å². The van der Waals surface area contributed by atoms with Gasteiger partial charge in [0.25, 0.3) is 0 Å². The standard InChI is InChI=1S/C90H176O17P2/c1-7-9-11-13-15-17-19-21-23-25-26-27-28-29-31-37-41-45-49-57-63-69-74-89(94)106-85(78-100-87(92)72-66-60-54-47-43-39-35-33-32-34-38-42-46-52-58-64-70-82(3)4)80-104-108(96,97)102-76-84(91)77-103-109(98,99)105-81-86(79-101-88(93)73-67-61-55-51-50-53-59-65-71-83(5)6)107-90(95)75-68-62-56-48-44-40-36-30-24-22-20-18-16-14-12-10-8-2/h82-86,91H,7-81H2,1-6H3,(H,96,97)(H,98,99)/t84-,85-,86-/m1/s1. The van der Waals surface area contributed by atoms with Gasteiger partial charge in [0.15, 0.2) is 12.2 Å². The number of unbranched alkanes of at least 4 members (excludes halogenated alkanes) is 59. The van der Waals surface area contributed by atoms with Crippen molar-refractivity contribution in [1.29, 1.82) is 0 Å². The summed E-state index contributed by atoms with van der Waals surface area (Å²) in [6.07, 6.45) is 75.2. The molecular weight excluding hydrogens is 1410 g/mol. The Kier molecular flexibility index (Phi) is 79.8. The highest BCUT2D eigenvalue weighted by molar-refractivity contribution is 7.47. The van der Waals surface area contributed by atoms with Gasteiger partial charge in [0.2, 0.25) is 0 Å². The molecule has 0 aromatic heterocycles. The lowest BCUT2D eigenvalue weighted by atomic mass is 10.0. The molecule has 19 heteroatoms. The maximum absolute atomic E-state index is 13.2. The van der Waals surface area contributed by atoms with Gasteiger partial charge in [-0.15, -0.1) is 0 Å². The lowest BCUT2D eigenvalue weighted by Crippen LogP contribution is -2.30. The van der Waals surface area contributed by atoms with Crippen LogP contribution in [-0.2, 0) is 65.4 Å². The van der Waals surface area contributed by atoms with E-state index in [1.54, 1.807) is 0 Å². The lowest BCUT2D eigenvalue weighted by Gasteiger charge is -2.21. The molecule has 0 heterocycles. The first-order valence-corrected chi connectivity index (χ1v) is 49.5. The molecule has 0 radical (unpaired) electrons. The summed E-state index contributed by atoms with van der Waals surface area (Å²) in [5, 5.41) is 10.7. The molecule has 0 saturated carbocycles. The Hall–Kier alpha value is -1.94. The second-order valence-electron chi connectivity index (χ2n) is 33.3. The summed E-state index contributed by atoms with van der Waals surface area (Å²) < 4.78 is 69.0. The number of aliphatic hydroxyl groups excluding tert-OH is 1. The molecule has 0 aromatic rings. The Morgan fingerprint density at radius 3 is 0.624 bits per heavy atom. The van der Waals surface area contributed by atoms with Crippen LogP contribution in [0, 0.1) is 11.8 Å². The van der Waals surface area contributed by atoms with Gasteiger partial charge in [0, 0.05) is 25.7 Å². The fraction of sp³-hybridized carbons (Fsp3) is 0.956. The fourth-order valence-electron chi connectivity index (χ4n) is 14.1. The summed E-state index contributed by atoms with van der Waals surface area (Å²) in [6.45, 7) is 9.69. The predicted octanol–water partition coefficient (Wildman–Crippen LogP) is 27.8. The molecule has 0 fully saturated rings. The van der Waals surface area contributed by atoms with Gasteiger partial charge in [0.05, 0.1) is 26.4 Å². The molecule has 0 spiro atoms. The van der Waals surface area contributed by atoms with Crippen molar-refractivity contribution in [3.63, 3.8) is 0 Å².